The average molecular weight is 343 g/mol. The maximum Gasteiger partial charge on any atom is 0.416 e. The van der Waals surface area contributed by atoms with E-state index >= 15 is 0 Å². The number of benzene rings is 1. The first-order valence-corrected chi connectivity index (χ1v) is 8.46. The van der Waals surface area contributed by atoms with Crippen molar-refractivity contribution in [3.8, 4) is 0 Å². The van der Waals surface area contributed by atoms with Crippen LogP contribution in [0.25, 0.3) is 0 Å². The first-order chi connectivity index (χ1) is 11.5. The molecule has 0 bridgehead atoms. The predicted molar refractivity (Wildman–Crippen MR) is 85.9 cm³/mol. The van der Waals surface area contributed by atoms with E-state index in [-0.39, 0.29) is 6.04 Å². The number of hydrogen-bond acceptors (Lipinski definition) is 4. The third-order valence-electron chi connectivity index (χ3n) is 4.75. The molecule has 2 heterocycles. The lowest BCUT2D eigenvalue weighted by Gasteiger charge is -2.39. The van der Waals surface area contributed by atoms with Gasteiger partial charge in [-0.2, -0.15) is 13.2 Å². The minimum Gasteiger partial charge on any atom is -0.379 e. The number of alkyl halides is 3. The summed E-state index contributed by atoms with van der Waals surface area (Å²) in [7, 11) is 0. The van der Waals surface area contributed by atoms with Crippen LogP contribution in [0.5, 0.6) is 0 Å². The smallest absolute Gasteiger partial charge is 0.379 e. The maximum absolute atomic E-state index is 12.8. The van der Waals surface area contributed by atoms with Gasteiger partial charge in [-0.25, -0.2) is 0 Å². The summed E-state index contributed by atoms with van der Waals surface area (Å²) in [5.74, 6) is 0. The van der Waals surface area contributed by atoms with E-state index in [0.717, 1.165) is 64.6 Å². The fraction of sp³-hybridized carbons (Fsp3) is 0.647. The Bertz CT molecular complexity index is 509. The molecule has 1 aromatic carbocycles. The van der Waals surface area contributed by atoms with E-state index < -0.39 is 11.7 Å². The summed E-state index contributed by atoms with van der Waals surface area (Å²) in [5.41, 5.74) is 0.369. The number of ether oxygens (including phenoxy) is 1. The number of rotatable bonds is 4. The van der Waals surface area contributed by atoms with Crippen LogP contribution in [0, 0.1) is 0 Å². The highest BCUT2D eigenvalue weighted by molar-refractivity contribution is 5.27. The molecular weight excluding hydrogens is 319 g/mol. The van der Waals surface area contributed by atoms with E-state index in [4.69, 9.17) is 4.74 Å². The van der Waals surface area contributed by atoms with Crippen molar-refractivity contribution >= 4 is 0 Å². The van der Waals surface area contributed by atoms with Crippen molar-refractivity contribution in [3.05, 3.63) is 35.4 Å². The third kappa shape index (κ3) is 4.47. The zero-order chi connectivity index (χ0) is 17.0. The van der Waals surface area contributed by atoms with Crippen molar-refractivity contribution < 1.29 is 17.9 Å². The summed E-state index contributed by atoms with van der Waals surface area (Å²) in [6, 6.07) is 5.78. The van der Waals surface area contributed by atoms with Crippen molar-refractivity contribution in [2.24, 2.45) is 0 Å². The number of halogens is 3. The molecule has 24 heavy (non-hydrogen) atoms. The zero-order valence-electron chi connectivity index (χ0n) is 13.7. The Balaban J connectivity index is 1.77. The molecule has 1 unspecified atom stereocenters. The van der Waals surface area contributed by atoms with Crippen molar-refractivity contribution in [3.63, 3.8) is 0 Å². The van der Waals surface area contributed by atoms with Crippen LogP contribution in [0.1, 0.15) is 17.2 Å². The Morgan fingerprint density at radius 3 is 2.21 bits per heavy atom. The molecule has 0 amide bonds. The topological polar surface area (TPSA) is 27.7 Å². The van der Waals surface area contributed by atoms with Gasteiger partial charge in [-0.3, -0.25) is 9.80 Å². The molecule has 2 fully saturated rings. The van der Waals surface area contributed by atoms with Gasteiger partial charge in [0.1, 0.15) is 0 Å². The van der Waals surface area contributed by atoms with Crippen LogP contribution < -0.4 is 5.32 Å². The summed E-state index contributed by atoms with van der Waals surface area (Å²) >= 11 is 0. The molecule has 0 radical (unpaired) electrons. The Kier molecular flexibility index (Phi) is 5.76. The highest BCUT2D eigenvalue weighted by Gasteiger charge is 2.31. The lowest BCUT2D eigenvalue weighted by atomic mass is 10.0. The van der Waals surface area contributed by atoms with Crippen molar-refractivity contribution in [1.29, 1.82) is 0 Å². The van der Waals surface area contributed by atoms with Gasteiger partial charge in [-0.1, -0.05) is 12.1 Å². The molecule has 134 valence electrons. The molecular formula is C17H24F3N3O. The van der Waals surface area contributed by atoms with Gasteiger partial charge in [-0.05, 0) is 17.7 Å². The second-order valence-corrected chi connectivity index (χ2v) is 6.33. The molecule has 2 aliphatic rings. The summed E-state index contributed by atoms with van der Waals surface area (Å²) in [6.45, 7) is 7.69. The minimum absolute atomic E-state index is 0.118. The number of piperazine rings is 1. The molecule has 0 aliphatic carbocycles. The van der Waals surface area contributed by atoms with Gasteiger partial charge < -0.3 is 10.1 Å². The van der Waals surface area contributed by atoms with Crippen LogP contribution >= 0.6 is 0 Å². The molecule has 3 rings (SSSR count). The van der Waals surface area contributed by atoms with Crippen LogP contribution in [0.4, 0.5) is 13.2 Å². The normalized spacial score (nSPS) is 22.5. The van der Waals surface area contributed by atoms with Crippen LogP contribution in [-0.4, -0.2) is 68.8 Å². The van der Waals surface area contributed by atoms with Gasteiger partial charge in [0.2, 0.25) is 0 Å². The summed E-state index contributed by atoms with van der Waals surface area (Å²) < 4.78 is 43.8. The predicted octanol–water partition coefficient (Wildman–Crippen LogP) is 1.98. The van der Waals surface area contributed by atoms with Gasteiger partial charge in [0.25, 0.3) is 0 Å². The van der Waals surface area contributed by atoms with Gasteiger partial charge in [0.15, 0.2) is 0 Å². The molecule has 0 aromatic heterocycles. The SMILES string of the molecule is FC(F)(F)c1ccc(C(CN2CCOCC2)N2CCNCC2)cc1. The van der Waals surface area contributed by atoms with Gasteiger partial charge in [0, 0.05) is 51.9 Å². The van der Waals surface area contributed by atoms with Gasteiger partial charge in [-0.15, -0.1) is 0 Å². The van der Waals surface area contributed by atoms with Crippen molar-refractivity contribution in [2.75, 3.05) is 59.0 Å². The molecule has 1 N–H and O–H groups in total. The fourth-order valence-corrected chi connectivity index (χ4v) is 3.35. The van der Waals surface area contributed by atoms with Crippen LogP contribution in [-0.2, 0) is 10.9 Å². The first kappa shape index (κ1) is 17.7. The minimum atomic E-state index is -4.28. The van der Waals surface area contributed by atoms with E-state index in [9.17, 15) is 13.2 Å². The third-order valence-corrected chi connectivity index (χ3v) is 4.75. The zero-order valence-corrected chi connectivity index (χ0v) is 13.7. The Morgan fingerprint density at radius 2 is 1.62 bits per heavy atom. The summed E-state index contributed by atoms with van der Waals surface area (Å²) in [6.07, 6.45) is -4.28. The highest BCUT2D eigenvalue weighted by atomic mass is 19.4. The summed E-state index contributed by atoms with van der Waals surface area (Å²) in [4.78, 5) is 4.71. The van der Waals surface area contributed by atoms with Gasteiger partial charge >= 0.3 is 6.18 Å². The monoisotopic (exact) mass is 343 g/mol. The maximum atomic E-state index is 12.8. The second-order valence-electron chi connectivity index (χ2n) is 6.33. The Morgan fingerprint density at radius 1 is 1.00 bits per heavy atom. The number of morpholine rings is 1. The Hall–Kier alpha value is -1.15. The van der Waals surface area contributed by atoms with E-state index in [1.54, 1.807) is 12.1 Å². The molecule has 2 aliphatic heterocycles. The lowest BCUT2D eigenvalue weighted by Crippen LogP contribution is -2.49. The van der Waals surface area contributed by atoms with Crippen LogP contribution in [0.2, 0.25) is 0 Å². The molecule has 2 saturated heterocycles. The van der Waals surface area contributed by atoms with Crippen LogP contribution in [0.3, 0.4) is 0 Å². The highest BCUT2D eigenvalue weighted by Crippen LogP contribution is 2.31. The van der Waals surface area contributed by atoms with Crippen LogP contribution in [0.15, 0.2) is 24.3 Å². The molecule has 1 aromatic rings. The van der Waals surface area contributed by atoms with E-state index in [0.29, 0.717) is 0 Å². The Labute approximate surface area is 140 Å². The quantitative estimate of drug-likeness (QED) is 0.905. The number of nitrogens with one attached hydrogen (secondary N) is 1. The first-order valence-electron chi connectivity index (χ1n) is 8.46. The number of nitrogens with zero attached hydrogens (tertiary/aromatic N) is 2. The molecule has 1 atom stereocenters. The number of hydrogen-bond donors (Lipinski definition) is 1. The van der Waals surface area contributed by atoms with E-state index in [1.807, 2.05) is 0 Å². The molecule has 4 nitrogen and oxygen atoms in total. The molecule has 7 heteroatoms. The standard InChI is InChI=1S/C17H24F3N3O/c18-17(19,20)15-3-1-14(2-4-15)16(23-7-5-21-6-8-23)13-22-9-11-24-12-10-22/h1-4,16,21H,5-13H2. The largest absolute Gasteiger partial charge is 0.416 e. The van der Waals surface area contributed by atoms with Gasteiger partial charge in [0.05, 0.1) is 18.8 Å². The molecule has 0 saturated carbocycles. The molecule has 0 spiro atoms. The lowest BCUT2D eigenvalue weighted by molar-refractivity contribution is -0.137. The second kappa shape index (κ2) is 7.82. The van der Waals surface area contributed by atoms with Crippen molar-refractivity contribution in [2.45, 2.75) is 12.2 Å². The van der Waals surface area contributed by atoms with Crippen molar-refractivity contribution in [1.82, 2.24) is 15.1 Å². The van der Waals surface area contributed by atoms with E-state index in [1.165, 1.54) is 12.1 Å². The average Bonchev–Trinajstić information content (AvgIpc) is 2.61. The summed E-state index contributed by atoms with van der Waals surface area (Å²) in [5, 5.41) is 3.33. The fourth-order valence-electron chi connectivity index (χ4n) is 3.35. The van der Waals surface area contributed by atoms with E-state index in [2.05, 4.69) is 15.1 Å².